The minimum atomic E-state index is 0.0603. The highest BCUT2D eigenvalue weighted by Crippen LogP contribution is 2.42. The molecular weight excluding hydrogens is 582 g/mol. The van der Waals surface area contributed by atoms with E-state index < -0.39 is 0 Å². The Hall–Kier alpha value is -3.03. The lowest BCUT2D eigenvalue weighted by molar-refractivity contribution is -0.122. The number of nitrogens with one attached hydrogen (secondary N) is 1. The van der Waals surface area contributed by atoms with Gasteiger partial charge in [0.25, 0.3) is 0 Å². The summed E-state index contributed by atoms with van der Waals surface area (Å²) < 4.78 is 8.24. The number of carbonyl (C=O) groups excluding carboxylic acids is 1. The fourth-order valence-corrected chi connectivity index (χ4v) is 7.92. The molecule has 1 aromatic heterocycles. The minimum absolute atomic E-state index is 0.0603. The average Bonchev–Trinajstić information content (AvgIpc) is 3.59. The molecule has 2 unspecified atom stereocenters. The van der Waals surface area contributed by atoms with E-state index in [2.05, 4.69) is 100 Å². The van der Waals surface area contributed by atoms with Crippen LogP contribution >= 0.6 is 0 Å². The topological polar surface area (TPSA) is 72.3 Å². The van der Waals surface area contributed by atoms with E-state index in [0.717, 1.165) is 50.5 Å². The van der Waals surface area contributed by atoms with Crippen molar-refractivity contribution >= 4 is 5.91 Å². The number of rotatable bonds is 20. The van der Waals surface area contributed by atoms with Gasteiger partial charge in [-0.3, -0.25) is 9.69 Å². The summed E-state index contributed by atoms with van der Waals surface area (Å²) in [5.41, 5.74) is 2.46. The van der Waals surface area contributed by atoms with E-state index >= 15 is 0 Å². The van der Waals surface area contributed by atoms with Gasteiger partial charge in [0.05, 0.1) is 12.6 Å². The van der Waals surface area contributed by atoms with Crippen LogP contribution in [0.1, 0.15) is 145 Å². The molecule has 0 saturated carbocycles. The third kappa shape index (κ3) is 10.5. The molecule has 2 fully saturated rings. The summed E-state index contributed by atoms with van der Waals surface area (Å²) in [5, 5.41) is 12.4. The summed E-state index contributed by atoms with van der Waals surface area (Å²) in [6, 6.07) is 22.7. The van der Waals surface area contributed by atoms with Crippen LogP contribution in [0.2, 0.25) is 0 Å². The molecule has 0 spiro atoms. The lowest BCUT2D eigenvalue weighted by Crippen LogP contribution is -2.45. The van der Waals surface area contributed by atoms with Crippen LogP contribution in [-0.2, 0) is 16.1 Å². The van der Waals surface area contributed by atoms with Crippen LogP contribution in [0, 0.1) is 6.92 Å². The maximum atomic E-state index is 13.1. The van der Waals surface area contributed by atoms with Crippen molar-refractivity contribution in [3.8, 4) is 0 Å². The van der Waals surface area contributed by atoms with Crippen molar-refractivity contribution < 1.29 is 9.53 Å². The number of aryl methyl sites for hydroxylation is 1. The highest BCUT2D eigenvalue weighted by atomic mass is 16.5. The van der Waals surface area contributed by atoms with E-state index in [4.69, 9.17) is 4.74 Å². The first-order valence-corrected chi connectivity index (χ1v) is 18.6. The third-order valence-corrected chi connectivity index (χ3v) is 10.4. The van der Waals surface area contributed by atoms with Gasteiger partial charge < -0.3 is 14.6 Å². The standard InChI is InChI=1S/C40H59N5O2/c1-31(2)40-43-42-32(3)45(40)37-28-35-23-24-36(29-37)44(35)26-25-38(34-20-14-11-15-21-34)41-39(46)22-16-8-6-4-5-7-9-17-27-47-30-33-18-12-10-13-19-33/h10-15,18-21,31,35-38H,4-9,16-17,22-30H2,1-3H3,(H,41,46)/t35?,36?,37?,38-/m0/s1. The van der Waals surface area contributed by atoms with Gasteiger partial charge in [-0.25, -0.2) is 0 Å². The van der Waals surface area contributed by atoms with Gasteiger partial charge in [-0.2, -0.15) is 0 Å². The summed E-state index contributed by atoms with van der Waals surface area (Å²) in [6.45, 7) is 9.13. The first kappa shape index (κ1) is 35.3. The maximum Gasteiger partial charge on any atom is 0.220 e. The van der Waals surface area contributed by atoms with Crippen molar-refractivity contribution in [1.29, 1.82) is 0 Å². The monoisotopic (exact) mass is 641 g/mol. The molecule has 256 valence electrons. The van der Waals surface area contributed by atoms with Gasteiger partial charge in [0.1, 0.15) is 11.6 Å². The summed E-state index contributed by atoms with van der Waals surface area (Å²) in [4.78, 5) is 15.9. The van der Waals surface area contributed by atoms with E-state index in [1.165, 1.54) is 68.9 Å². The van der Waals surface area contributed by atoms with Crippen LogP contribution < -0.4 is 5.32 Å². The molecule has 2 bridgehead atoms. The van der Waals surface area contributed by atoms with Gasteiger partial charge in [0.2, 0.25) is 5.91 Å². The van der Waals surface area contributed by atoms with Crippen LogP contribution in [0.5, 0.6) is 0 Å². The largest absolute Gasteiger partial charge is 0.377 e. The van der Waals surface area contributed by atoms with Crippen molar-refractivity contribution in [1.82, 2.24) is 25.0 Å². The molecular formula is C40H59N5O2. The number of carbonyl (C=O) groups is 1. The molecule has 2 aromatic carbocycles. The fourth-order valence-electron chi connectivity index (χ4n) is 7.92. The van der Waals surface area contributed by atoms with Crippen molar-refractivity contribution in [2.75, 3.05) is 13.2 Å². The quantitative estimate of drug-likeness (QED) is 0.125. The van der Waals surface area contributed by atoms with Gasteiger partial charge in [0.15, 0.2) is 0 Å². The number of amides is 1. The average molecular weight is 642 g/mol. The molecule has 3 aromatic rings. The molecule has 5 rings (SSSR count). The minimum Gasteiger partial charge on any atom is -0.377 e. The van der Waals surface area contributed by atoms with Crippen molar-refractivity contribution in [3.05, 3.63) is 83.4 Å². The number of fused-ring (bicyclic) bond motifs is 2. The number of unbranched alkanes of at least 4 members (excludes halogenated alkanes) is 7. The molecule has 7 heteroatoms. The Morgan fingerprint density at radius 2 is 1.45 bits per heavy atom. The van der Waals surface area contributed by atoms with Crippen molar-refractivity contribution in [2.24, 2.45) is 0 Å². The summed E-state index contributed by atoms with van der Waals surface area (Å²) >= 11 is 0. The Balaban J connectivity index is 0.981. The van der Waals surface area contributed by atoms with Gasteiger partial charge >= 0.3 is 0 Å². The van der Waals surface area contributed by atoms with Crippen LogP contribution in [0.4, 0.5) is 0 Å². The number of hydrogen-bond donors (Lipinski definition) is 1. The number of piperidine rings is 1. The van der Waals surface area contributed by atoms with E-state index in [1.54, 1.807) is 0 Å². The Morgan fingerprint density at radius 3 is 2.11 bits per heavy atom. The zero-order chi connectivity index (χ0) is 32.8. The number of aromatic nitrogens is 3. The van der Waals surface area contributed by atoms with E-state index in [-0.39, 0.29) is 11.9 Å². The van der Waals surface area contributed by atoms with Crippen LogP contribution in [0.25, 0.3) is 0 Å². The van der Waals surface area contributed by atoms with Crippen LogP contribution in [0.15, 0.2) is 60.7 Å². The molecule has 47 heavy (non-hydrogen) atoms. The summed E-state index contributed by atoms with van der Waals surface area (Å²) in [6.07, 6.45) is 15.9. The molecule has 0 radical (unpaired) electrons. The molecule has 7 nitrogen and oxygen atoms in total. The predicted octanol–water partition coefficient (Wildman–Crippen LogP) is 8.85. The lowest BCUT2D eigenvalue weighted by Gasteiger charge is -2.40. The van der Waals surface area contributed by atoms with Gasteiger partial charge in [-0.05, 0) is 63.0 Å². The second-order valence-electron chi connectivity index (χ2n) is 14.3. The first-order chi connectivity index (χ1) is 23.0. The van der Waals surface area contributed by atoms with Crippen LogP contribution in [-0.4, -0.2) is 50.8 Å². The maximum absolute atomic E-state index is 13.1. The third-order valence-electron chi connectivity index (χ3n) is 10.4. The molecule has 3 atom stereocenters. The van der Waals surface area contributed by atoms with Gasteiger partial charge in [-0.15, -0.1) is 10.2 Å². The molecule has 3 heterocycles. The molecule has 0 aliphatic carbocycles. The molecule has 2 aliphatic heterocycles. The smallest absolute Gasteiger partial charge is 0.220 e. The number of benzene rings is 2. The van der Waals surface area contributed by atoms with E-state index in [0.29, 0.717) is 37.1 Å². The fraction of sp³-hybridized carbons (Fsp3) is 0.625. The lowest BCUT2D eigenvalue weighted by atomic mass is 9.95. The SMILES string of the molecule is Cc1nnc(C(C)C)n1C1CC2CCC(C1)N2CC[C@H](NC(=O)CCCCCCCCCCOCc1ccccc1)c1ccccc1. The summed E-state index contributed by atoms with van der Waals surface area (Å²) in [5.74, 6) is 2.76. The van der Waals surface area contributed by atoms with E-state index in [9.17, 15) is 4.79 Å². The highest BCUT2D eigenvalue weighted by Gasteiger charge is 2.42. The Bertz CT molecular complexity index is 1310. The van der Waals surface area contributed by atoms with Crippen LogP contribution in [0.3, 0.4) is 0 Å². The molecule has 2 saturated heterocycles. The Labute approximate surface area is 283 Å². The molecule has 1 amide bonds. The van der Waals surface area contributed by atoms with Crippen molar-refractivity contribution in [3.63, 3.8) is 0 Å². The molecule has 2 aliphatic rings. The summed E-state index contributed by atoms with van der Waals surface area (Å²) in [7, 11) is 0. The molecule has 1 N–H and O–H groups in total. The zero-order valence-electron chi connectivity index (χ0n) is 29.3. The number of hydrogen-bond acceptors (Lipinski definition) is 5. The Kier molecular flexibility index (Phi) is 13.9. The predicted molar refractivity (Wildman–Crippen MR) is 190 cm³/mol. The van der Waals surface area contributed by atoms with Gasteiger partial charge in [0, 0.05) is 43.6 Å². The highest BCUT2D eigenvalue weighted by molar-refractivity contribution is 5.76. The second kappa shape index (κ2) is 18.5. The number of nitrogens with zero attached hydrogens (tertiary/aromatic N) is 4. The normalized spacial score (nSPS) is 20.1. The zero-order valence-corrected chi connectivity index (χ0v) is 29.3. The Morgan fingerprint density at radius 1 is 0.830 bits per heavy atom. The van der Waals surface area contributed by atoms with E-state index in [1.807, 2.05) is 6.07 Å². The number of ether oxygens (including phenoxy) is 1. The first-order valence-electron chi connectivity index (χ1n) is 18.6. The van der Waals surface area contributed by atoms with Crippen molar-refractivity contribution in [2.45, 2.75) is 147 Å². The second-order valence-corrected chi connectivity index (χ2v) is 14.3. The van der Waals surface area contributed by atoms with Gasteiger partial charge in [-0.1, -0.05) is 113 Å².